The summed E-state index contributed by atoms with van der Waals surface area (Å²) in [6, 6.07) is 113. The Morgan fingerprint density at radius 3 is 1.19 bits per heavy atom. The zero-order valence-electron chi connectivity index (χ0n) is 60.2. The average Bonchev–Trinajstić information content (AvgIpc) is 1.64. The van der Waals surface area contributed by atoms with Crippen molar-refractivity contribution < 1.29 is 17.7 Å². The largest absolute Gasteiger partial charge is 0.456 e. The van der Waals surface area contributed by atoms with Gasteiger partial charge in [-0.1, -0.05) is 188 Å². The first kappa shape index (κ1) is 71.0. The van der Waals surface area contributed by atoms with E-state index in [2.05, 4.69) is 127 Å². The van der Waals surface area contributed by atoms with Crippen LogP contribution in [0.4, 0.5) is 45.5 Å². The van der Waals surface area contributed by atoms with Gasteiger partial charge in [-0.05, 0) is 146 Å². The fourth-order valence-corrected chi connectivity index (χ4v) is 18.6. The van der Waals surface area contributed by atoms with Gasteiger partial charge in [0, 0.05) is 160 Å². The molecule has 16 N–H and O–H groups in total. The van der Waals surface area contributed by atoms with Crippen molar-refractivity contribution in [3.05, 3.63) is 340 Å². The van der Waals surface area contributed by atoms with Crippen LogP contribution in [0.1, 0.15) is 0 Å². The monoisotopic (exact) mass is 1530 g/mol. The summed E-state index contributed by atoms with van der Waals surface area (Å²) in [7, 11) is 0. The average molecular weight is 1530 g/mol. The Bertz CT molecular complexity index is 7070. The zero-order chi connectivity index (χ0) is 76.3. The Morgan fingerprint density at radius 2 is 0.518 bits per heavy atom. The van der Waals surface area contributed by atoms with Gasteiger partial charge in [0.25, 0.3) is 0 Å². The van der Waals surface area contributed by atoms with Crippen molar-refractivity contribution in [2.45, 2.75) is 0 Å². The highest BCUT2D eigenvalue weighted by atomic mass is 32.1. The molecule has 8 aromatic heterocycles. The molecule has 24 rings (SSSR count). The Balaban J connectivity index is 0.0000000929. The summed E-state index contributed by atoms with van der Waals surface area (Å²) < 4.78 is 32.9. The lowest BCUT2D eigenvalue weighted by Crippen LogP contribution is -1.83. The quantitative estimate of drug-likeness (QED) is 0.0660. The van der Waals surface area contributed by atoms with Crippen molar-refractivity contribution >= 4 is 259 Å². The maximum atomic E-state index is 5.97. The number of anilines is 8. The predicted molar refractivity (Wildman–Crippen MR) is 488 cm³/mol. The van der Waals surface area contributed by atoms with Gasteiger partial charge in [-0.25, -0.2) is 0 Å². The molecule has 0 aliphatic carbocycles. The molecule has 0 bridgehead atoms. The molecule has 24 aromatic rings. The molecule has 0 saturated heterocycles. The Labute approximate surface area is 657 Å². The van der Waals surface area contributed by atoms with Crippen LogP contribution >= 0.6 is 45.3 Å². The second-order valence-corrected chi connectivity index (χ2v) is 31.0. The van der Waals surface area contributed by atoms with Crippen molar-refractivity contribution in [1.29, 1.82) is 0 Å². The van der Waals surface area contributed by atoms with Gasteiger partial charge in [0.1, 0.15) is 39.1 Å². The van der Waals surface area contributed by atoms with E-state index in [1.807, 2.05) is 224 Å². The molecule has 0 saturated carbocycles. The molecular formula is C96H72N8O4S4. The Hall–Kier alpha value is -14.0. The summed E-state index contributed by atoms with van der Waals surface area (Å²) in [5.74, 6) is 0. The van der Waals surface area contributed by atoms with E-state index in [0.29, 0.717) is 5.69 Å². The van der Waals surface area contributed by atoms with Gasteiger partial charge < -0.3 is 63.5 Å². The molecule has 0 spiro atoms. The van der Waals surface area contributed by atoms with Crippen LogP contribution in [-0.2, 0) is 0 Å². The van der Waals surface area contributed by atoms with E-state index in [4.69, 9.17) is 63.5 Å². The molecule has 12 nitrogen and oxygen atoms in total. The number of rotatable bonds is 0. The molecule has 112 heavy (non-hydrogen) atoms. The van der Waals surface area contributed by atoms with Gasteiger partial charge in [0.2, 0.25) is 0 Å². The highest BCUT2D eigenvalue weighted by Crippen LogP contribution is 2.41. The van der Waals surface area contributed by atoms with Crippen LogP contribution < -0.4 is 45.9 Å². The number of nitrogen functional groups attached to an aromatic ring is 8. The lowest BCUT2D eigenvalue weighted by molar-refractivity contribution is 0.668. The van der Waals surface area contributed by atoms with Gasteiger partial charge in [-0.2, -0.15) is 0 Å². The van der Waals surface area contributed by atoms with Gasteiger partial charge in [0.15, 0.2) is 5.58 Å². The highest BCUT2D eigenvalue weighted by Gasteiger charge is 2.13. The van der Waals surface area contributed by atoms with E-state index < -0.39 is 0 Å². The third kappa shape index (κ3) is 14.3. The fourth-order valence-electron chi connectivity index (χ4n) is 14.1. The van der Waals surface area contributed by atoms with E-state index in [1.54, 1.807) is 34.0 Å². The molecule has 0 radical (unpaired) electrons. The van der Waals surface area contributed by atoms with Crippen LogP contribution in [0.3, 0.4) is 0 Å². The van der Waals surface area contributed by atoms with Crippen molar-refractivity contribution in [2.24, 2.45) is 0 Å². The molecule has 0 unspecified atom stereocenters. The molecule has 16 heteroatoms. The van der Waals surface area contributed by atoms with Crippen LogP contribution in [0.2, 0.25) is 0 Å². The predicted octanol–water partition coefficient (Wildman–Crippen LogP) is 27.2. The van der Waals surface area contributed by atoms with E-state index >= 15 is 0 Å². The summed E-state index contributed by atoms with van der Waals surface area (Å²) >= 11 is 7.17. The minimum absolute atomic E-state index is 0.693. The maximum absolute atomic E-state index is 5.97. The minimum atomic E-state index is 0.693. The van der Waals surface area contributed by atoms with Gasteiger partial charge >= 0.3 is 0 Å². The number of hydrogen-bond donors (Lipinski definition) is 8. The number of para-hydroxylation sites is 5. The van der Waals surface area contributed by atoms with Crippen molar-refractivity contribution in [1.82, 2.24) is 0 Å². The Kier molecular flexibility index (Phi) is 19.6. The van der Waals surface area contributed by atoms with E-state index in [-0.39, 0.29) is 0 Å². The third-order valence-electron chi connectivity index (χ3n) is 19.3. The van der Waals surface area contributed by atoms with E-state index in [9.17, 15) is 0 Å². The lowest BCUT2D eigenvalue weighted by Gasteiger charge is -1.95. The highest BCUT2D eigenvalue weighted by molar-refractivity contribution is 7.27. The van der Waals surface area contributed by atoms with Gasteiger partial charge in [-0.15, -0.1) is 45.3 Å². The first-order valence-corrected chi connectivity index (χ1v) is 39.4. The normalized spacial score (nSPS) is 11.1. The molecule has 0 fully saturated rings. The molecule has 16 aromatic carbocycles. The second-order valence-electron chi connectivity index (χ2n) is 26.7. The number of hydrogen-bond acceptors (Lipinski definition) is 16. The van der Waals surface area contributed by atoms with Crippen molar-refractivity contribution in [3.63, 3.8) is 0 Å². The number of thiophene rings is 4. The number of furan rings is 4. The molecule has 0 amide bonds. The third-order valence-corrected chi connectivity index (χ3v) is 24.0. The molecule has 0 atom stereocenters. The SMILES string of the molecule is Nc1ccc2c(c1)oc1ccccc12.Nc1ccc2c(c1)sc1ccccc12.Nc1ccc2oc3ccccc3c2c1.Nc1ccc2sc3ccccc3c2c1.Nc1cccc2c1oc1ccccc12.Nc1cccc2c1sc1ccccc12.Nc1cccc2oc3ccccc3c12.Nc1cccc2sc3ccccc3c12. The molecule has 0 aliphatic heterocycles. The number of fused-ring (bicyclic) bond motifs is 24. The smallest absolute Gasteiger partial charge is 0.158 e. The van der Waals surface area contributed by atoms with Crippen LogP contribution in [0.25, 0.3) is 168 Å². The van der Waals surface area contributed by atoms with Crippen LogP contribution in [-0.4, -0.2) is 0 Å². The summed E-state index contributed by atoms with van der Waals surface area (Å²) in [6.45, 7) is 0. The van der Waals surface area contributed by atoms with Crippen LogP contribution in [0.5, 0.6) is 0 Å². The molecular weight excluding hydrogens is 1460 g/mol. The summed E-state index contributed by atoms with van der Waals surface area (Å²) in [4.78, 5) is 0. The topological polar surface area (TPSA) is 261 Å². The fraction of sp³-hybridized carbons (Fsp3) is 0. The van der Waals surface area contributed by atoms with Crippen molar-refractivity contribution in [2.75, 3.05) is 45.9 Å². The lowest BCUT2D eigenvalue weighted by atomic mass is 10.1. The van der Waals surface area contributed by atoms with Gasteiger partial charge in [0.05, 0.1) is 15.8 Å². The van der Waals surface area contributed by atoms with E-state index in [0.717, 1.165) is 128 Å². The van der Waals surface area contributed by atoms with Crippen LogP contribution in [0, 0.1) is 0 Å². The maximum Gasteiger partial charge on any atom is 0.158 e. The number of benzene rings is 16. The standard InChI is InChI=1S/4C12H9NO.4C12H9NS/c13-10-6-3-5-9-8-4-1-2-7-11(8)14-12(9)10;13-9-5-3-7-11-12(9)8-4-1-2-6-10(8)14-11;13-8-5-6-12-10(7-8)9-3-1-2-4-11(9)14-12;13-8-5-6-10-9-3-1-2-4-11(9)14-12(10)7-8;13-10-6-3-5-9-8-4-1-2-7-11(8)14-12(9)10;13-9-5-3-7-11-12(9)8-4-1-2-6-10(8)14-11;13-8-5-6-12-10(7-8)9-3-1-2-4-11(9)14-12;13-8-5-6-10-9-3-1-2-4-11(9)14-12(10)7-8/h8*1-7H,13H2. The first-order chi connectivity index (χ1) is 54.8. The second kappa shape index (κ2) is 30.9. The number of nitrogens with two attached hydrogens (primary N) is 8. The Morgan fingerprint density at radius 1 is 0.170 bits per heavy atom. The van der Waals surface area contributed by atoms with Gasteiger partial charge in [-0.3, -0.25) is 0 Å². The van der Waals surface area contributed by atoms with Crippen LogP contribution in [0.15, 0.2) is 357 Å². The summed E-state index contributed by atoms with van der Waals surface area (Å²) in [5.41, 5.74) is 60.0. The molecule has 0 aliphatic rings. The summed E-state index contributed by atoms with van der Waals surface area (Å²) in [5, 5.41) is 19.0. The van der Waals surface area contributed by atoms with Crippen molar-refractivity contribution in [3.8, 4) is 0 Å². The first-order valence-electron chi connectivity index (χ1n) is 36.1. The molecule has 544 valence electrons. The van der Waals surface area contributed by atoms with E-state index in [1.165, 1.54) is 80.7 Å². The molecule has 8 heterocycles. The summed E-state index contributed by atoms with van der Waals surface area (Å²) in [6.07, 6.45) is 0. The zero-order valence-corrected chi connectivity index (χ0v) is 63.5. The minimum Gasteiger partial charge on any atom is -0.456 e.